The van der Waals surface area contributed by atoms with Gasteiger partial charge in [-0.1, -0.05) is 0 Å². The minimum atomic E-state index is -1.05. The van der Waals surface area contributed by atoms with E-state index in [9.17, 15) is 9.59 Å². The van der Waals surface area contributed by atoms with Gasteiger partial charge in [-0.05, 0) is 6.07 Å². The second-order valence-electron chi connectivity index (χ2n) is 4.97. The molecule has 0 spiro atoms. The molecular formula is C14H14N6O3S. The number of thiazole rings is 1. The minimum Gasteiger partial charge on any atom is -0.478 e. The first kappa shape index (κ1) is 15.9. The van der Waals surface area contributed by atoms with Gasteiger partial charge < -0.3 is 10.4 Å². The maximum absolute atomic E-state index is 12.0. The van der Waals surface area contributed by atoms with Gasteiger partial charge in [0.2, 0.25) is 5.91 Å². The van der Waals surface area contributed by atoms with Gasteiger partial charge in [-0.3, -0.25) is 14.2 Å². The molecule has 3 aromatic rings. The fourth-order valence-corrected chi connectivity index (χ4v) is 2.79. The van der Waals surface area contributed by atoms with Crippen molar-refractivity contribution in [2.75, 3.05) is 5.32 Å². The van der Waals surface area contributed by atoms with E-state index in [-0.39, 0.29) is 17.9 Å². The molecule has 10 heteroatoms. The number of rotatable bonds is 6. The lowest BCUT2D eigenvalue weighted by Gasteiger charge is -2.02. The van der Waals surface area contributed by atoms with Gasteiger partial charge in [0, 0.05) is 37.8 Å². The van der Waals surface area contributed by atoms with E-state index in [0.717, 1.165) is 11.4 Å². The Morgan fingerprint density at radius 2 is 2.21 bits per heavy atom. The third-order valence-corrected chi connectivity index (χ3v) is 4.04. The predicted octanol–water partition coefficient (Wildman–Crippen LogP) is 1.47. The van der Waals surface area contributed by atoms with E-state index in [1.165, 1.54) is 28.4 Å². The number of amides is 1. The number of carboxylic acids is 1. The molecule has 2 N–H and O–H groups in total. The summed E-state index contributed by atoms with van der Waals surface area (Å²) in [5, 5.41) is 21.9. The largest absolute Gasteiger partial charge is 0.478 e. The molecule has 3 heterocycles. The average Bonchev–Trinajstić information content (AvgIpc) is 3.25. The molecule has 0 saturated carbocycles. The Hall–Kier alpha value is -3.01. The lowest BCUT2D eigenvalue weighted by molar-refractivity contribution is -0.116. The summed E-state index contributed by atoms with van der Waals surface area (Å²) >= 11 is 1.33. The zero-order valence-electron chi connectivity index (χ0n) is 12.7. The number of nitrogens with one attached hydrogen (secondary N) is 1. The maximum atomic E-state index is 12.0. The van der Waals surface area contributed by atoms with Gasteiger partial charge >= 0.3 is 5.97 Å². The van der Waals surface area contributed by atoms with Crippen LogP contribution >= 0.6 is 11.3 Å². The van der Waals surface area contributed by atoms with Crippen LogP contribution in [0.1, 0.15) is 16.8 Å². The summed E-state index contributed by atoms with van der Waals surface area (Å²) in [4.78, 5) is 27.1. The number of anilines is 1. The van der Waals surface area contributed by atoms with Crippen LogP contribution in [0.15, 0.2) is 30.0 Å². The number of hydrogen-bond donors (Lipinski definition) is 2. The Labute approximate surface area is 140 Å². The number of aromatic nitrogens is 5. The molecule has 0 saturated heterocycles. The highest BCUT2D eigenvalue weighted by molar-refractivity contribution is 7.14. The number of aryl methyl sites for hydroxylation is 2. The zero-order valence-corrected chi connectivity index (χ0v) is 13.5. The molecule has 0 fully saturated rings. The van der Waals surface area contributed by atoms with Crippen molar-refractivity contribution in [2.24, 2.45) is 7.05 Å². The van der Waals surface area contributed by atoms with E-state index >= 15 is 0 Å². The van der Waals surface area contributed by atoms with Crippen molar-refractivity contribution in [3.05, 3.63) is 35.6 Å². The van der Waals surface area contributed by atoms with Gasteiger partial charge in [0.25, 0.3) is 0 Å². The van der Waals surface area contributed by atoms with Crippen LogP contribution in [-0.4, -0.2) is 41.5 Å². The molecule has 0 aliphatic heterocycles. The SMILES string of the molecule is Cn1nccc1-c1csc(NC(=O)CCn2cc(C(=O)O)cn2)n1. The van der Waals surface area contributed by atoms with Crippen molar-refractivity contribution in [1.29, 1.82) is 0 Å². The molecular weight excluding hydrogens is 332 g/mol. The van der Waals surface area contributed by atoms with Crippen LogP contribution in [0.3, 0.4) is 0 Å². The number of carbonyl (C=O) groups excluding carboxylic acids is 1. The van der Waals surface area contributed by atoms with Crippen molar-refractivity contribution in [3.8, 4) is 11.4 Å². The number of carboxylic acid groups (broad SMARTS) is 1. The summed E-state index contributed by atoms with van der Waals surface area (Å²) in [6.45, 7) is 0.291. The van der Waals surface area contributed by atoms with E-state index in [1.807, 2.05) is 18.5 Å². The summed E-state index contributed by atoms with van der Waals surface area (Å²) in [6.07, 6.45) is 4.49. The van der Waals surface area contributed by atoms with Gasteiger partial charge in [0.1, 0.15) is 5.69 Å². The predicted molar refractivity (Wildman–Crippen MR) is 86.7 cm³/mol. The van der Waals surface area contributed by atoms with Crippen LogP contribution < -0.4 is 5.32 Å². The molecule has 0 bridgehead atoms. The van der Waals surface area contributed by atoms with Crippen LogP contribution in [-0.2, 0) is 18.4 Å². The van der Waals surface area contributed by atoms with Gasteiger partial charge in [-0.25, -0.2) is 9.78 Å². The Morgan fingerprint density at radius 1 is 1.38 bits per heavy atom. The highest BCUT2D eigenvalue weighted by atomic mass is 32.1. The number of nitrogens with zero attached hydrogens (tertiary/aromatic N) is 5. The van der Waals surface area contributed by atoms with Crippen molar-refractivity contribution in [2.45, 2.75) is 13.0 Å². The number of aromatic carboxylic acids is 1. The third-order valence-electron chi connectivity index (χ3n) is 3.28. The minimum absolute atomic E-state index is 0.0937. The van der Waals surface area contributed by atoms with E-state index in [0.29, 0.717) is 11.7 Å². The summed E-state index contributed by atoms with van der Waals surface area (Å²) in [5.74, 6) is -1.26. The molecule has 9 nitrogen and oxygen atoms in total. The molecule has 3 rings (SSSR count). The Kier molecular flexibility index (Phi) is 4.38. The van der Waals surface area contributed by atoms with Crippen molar-refractivity contribution in [1.82, 2.24) is 24.5 Å². The van der Waals surface area contributed by atoms with E-state index in [1.54, 1.807) is 10.9 Å². The van der Waals surface area contributed by atoms with Crippen LogP contribution in [0.2, 0.25) is 0 Å². The zero-order chi connectivity index (χ0) is 17.1. The lowest BCUT2D eigenvalue weighted by atomic mass is 10.3. The van der Waals surface area contributed by atoms with Crippen molar-refractivity contribution < 1.29 is 14.7 Å². The monoisotopic (exact) mass is 346 g/mol. The smallest absolute Gasteiger partial charge is 0.338 e. The van der Waals surface area contributed by atoms with Crippen molar-refractivity contribution in [3.63, 3.8) is 0 Å². The summed E-state index contributed by atoms with van der Waals surface area (Å²) < 4.78 is 3.13. The van der Waals surface area contributed by atoms with E-state index in [2.05, 4.69) is 20.5 Å². The van der Waals surface area contributed by atoms with E-state index < -0.39 is 5.97 Å². The third kappa shape index (κ3) is 3.49. The molecule has 3 aromatic heterocycles. The summed E-state index contributed by atoms with van der Waals surface area (Å²) in [5.41, 5.74) is 1.70. The molecule has 24 heavy (non-hydrogen) atoms. The lowest BCUT2D eigenvalue weighted by Crippen LogP contribution is -2.14. The standard InChI is InChI=1S/C14H14N6O3S/c1-19-11(2-4-15-19)10-8-24-14(17-10)18-12(21)3-5-20-7-9(6-16-20)13(22)23/h2,4,6-8H,3,5H2,1H3,(H,22,23)(H,17,18,21). The normalized spacial score (nSPS) is 10.7. The first-order valence-electron chi connectivity index (χ1n) is 7.02. The highest BCUT2D eigenvalue weighted by Crippen LogP contribution is 2.24. The Morgan fingerprint density at radius 3 is 2.88 bits per heavy atom. The van der Waals surface area contributed by atoms with Crippen molar-refractivity contribution >= 4 is 28.3 Å². The Bertz CT molecular complexity index is 881. The summed E-state index contributed by atoms with van der Waals surface area (Å²) in [6, 6.07) is 1.85. The van der Waals surface area contributed by atoms with Crippen LogP contribution in [0.4, 0.5) is 5.13 Å². The first-order chi connectivity index (χ1) is 11.5. The second kappa shape index (κ2) is 6.62. The van der Waals surface area contributed by atoms with Gasteiger partial charge in [0.05, 0.1) is 17.5 Å². The average molecular weight is 346 g/mol. The van der Waals surface area contributed by atoms with Crippen LogP contribution in [0, 0.1) is 0 Å². The molecule has 0 radical (unpaired) electrons. The first-order valence-corrected chi connectivity index (χ1v) is 7.90. The molecule has 0 unspecified atom stereocenters. The molecule has 0 aliphatic carbocycles. The quantitative estimate of drug-likeness (QED) is 0.698. The number of carbonyl (C=O) groups is 2. The van der Waals surface area contributed by atoms with Crippen LogP contribution in [0.25, 0.3) is 11.4 Å². The maximum Gasteiger partial charge on any atom is 0.338 e. The fraction of sp³-hybridized carbons (Fsp3) is 0.214. The summed E-state index contributed by atoms with van der Waals surface area (Å²) in [7, 11) is 1.82. The van der Waals surface area contributed by atoms with Gasteiger partial charge in [-0.15, -0.1) is 11.3 Å². The molecule has 1 amide bonds. The Balaban J connectivity index is 1.56. The molecule has 0 aliphatic rings. The molecule has 0 aromatic carbocycles. The van der Waals surface area contributed by atoms with Gasteiger partial charge in [-0.2, -0.15) is 10.2 Å². The topological polar surface area (TPSA) is 115 Å². The van der Waals surface area contributed by atoms with Gasteiger partial charge in [0.15, 0.2) is 5.13 Å². The molecule has 124 valence electrons. The van der Waals surface area contributed by atoms with Crippen LogP contribution in [0.5, 0.6) is 0 Å². The fourth-order valence-electron chi connectivity index (χ4n) is 2.07. The second-order valence-corrected chi connectivity index (χ2v) is 5.83. The number of hydrogen-bond acceptors (Lipinski definition) is 6. The van der Waals surface area contributed by atoms with E-state index in [4.69, 9.17) is 5.11 Å². The molecule has 0 atom stereocenters. The highest BCUT2D eigenvalue weighted by Gasteiger charge is 2.11.